The van der Waals surface area contributed by atoms with Crippen molar-refractivity contribution in [1.82, 2.24) is 5.32 Å². The third-order valence-electron chi connectivity index (χ3n) is 6.89. The third kappa shape index (κ3) is 17.6. The lowest BCUT2D eigenvalue weighted by molar-refractivity contribution is -0.0480. The number of alkyl halides is 1. The van der Waals surface area contributed by atoms with Crippen LogP contribution in [0.5, 0.6) is 0 Å². The van der Waals surface area contributed by atoms with Crippen LogP contribution in [0.1, 0.15) is 135 Å². The SMILES string of the molecule is C=CC.C=CC(NC(=C)C(C)C)C(C)C.CC.CCC.CCCC(O)(C1=CC(C)C(Cl)CC1)C(C)(C)CC. The summed E-state index contributed by atoms with van der Waals surface area (Å²) in [6.07, 6.45) is 11.9. The van der Waals surface area contributed by atoms with Crippen molar-refractivity contribution in [2.24, 2.45) is 23.2 Å². The van der Waals surface area contributed by atoms with E-state index in [1.165, 1.54) is 12.0 Å². The normalized spacial score (nSPS) is 18.7. The van der Waals surface area contributed by atoms with Gasteiger partial charge in [-0.3, -0.25) is 0 Å². The van der Waals surface area contributed by atoms with Gasteiger partial charge in [0.2, 0.25) is 0 Å². The molecule has 0 fully saturated rings. The number of hydrogen-bond donors (Lipinski definition) is 2. The first-order chi connectivity index (χ1) is 17.6. The minimum absolute atomic E-state index is 0.0757. The standard InChI is InChI=1S/C16H29ClO.C11H21N.C3H8.C3H6.C2H6/c1-6-10-16(18,15(4,5)7-2)13-8-9-14(17)12(3)11-13;1-7-11(9(4)5)12-10(6)8(2)3;2*1-3-2;1-2/h11-12,14,18H,6-10H2,1-5H3;7-9,11-12H,1,6H2,2-5H3;3H2,1-2H3;3H,1H2,2H3;1-2H3. The van der Waals surface area contributed by atoms with Gasteiger partial charge in [-0.25, -0.2) is 0 Å². The zero-order valence-electron chi connectivity index (χ0n) is 28.3. The fraction of sp³-hybridized carbons (Fsp3) is 0.771. The molecule has 0 saturated carbocycles. The Morgan fingerprint density at radius 3 is 1.87 bits per heavy atom. The van der Waals surface area contributed by atoms with Crippen LogP contribution in [0.3, 0.4) is 0 Å². The maximum absolute atomic E-state index is 11.3. The van der Waals surface area contributed by atoms with Crippen molar-refractivity contribution in [3.8, 4) is 0 Å². The molecule has 228 valence electrons. The van der Waals surface area contributed by atoms with E-state index in [0.717, 1.165) is 37.8 Å². The van der Waals surface area contributed by atoms with Gasteiger partial charge < -0.3 is 10.4 Å². The van der Waals surface area contributed by atoms with Crippen LogP contribution in [-0.2, 0) is 0 Å². The monoisotopic (exact) mass is 556 g/mol. The molecule has 1 aliphatic rings. The Labute approximate surface area is 246 Å². The van der Waals surface area contributed by atoms with Crippen LogP contribution in [0, 0.1) is 23.2 Å². The molecule has 38 heavy (non-hydrogen) atoms. The smallest absolute Gasteiger partial charge is 0.0907 e. The van der Waals surface area contributed by atoms with Gasteiger partial charge in [0.05, 0.1) is 5.60 Å². The van der Waals surface area contributed by atoms with Crippen molar-refractivity contribution in [2.45, 2.75) is 152 Å². The maximum Gasteiger partial charge on any atom is 0.0907 e. The quantitative estimate of drug-likeness (QED) is 0.207. The van der Waals surface area contributed by atoms with Crippen LogP contribution in [0.4, 0.5) is 0 Å². The van der Waals surface area contributed by atoms with Gasteiger partial charge in [-0.05, 0) is 61.3 Å². The highest BCUT2D eigenvalue weighted by molar-refractivity contribution is 6.21. The summed E-state index contributed by atoms with van der Waals surface area (Å²) in [4.78, 5) is 0. The molecular weight excluding hydrogens is 486 g/mol. The summed E-state index contributed by atoms with van der Waals surface area (Å²) in [6.45, 7) is 40.7. The molecule has 0 aromatic heterocycles. The fourth-order valence-corrected chi connectivity index (χ4v) is 4.05. The van der Waals surface area contributed by atoms with Crippen LogP contribution < -0.4 is 5.32 Å². The van der Waals surface area contributed by atoms with Crippen LogP contribution in [0.15, 0.2) is 49.2 Å². The Morgan fingerprint density at radius 1 is 1.13 bits per heavy atom. The van der Waals surface area contributed by atoms with Crippen LogP contribution >= 0.6 is 11.6 Å². The van der Waals surface area contributed by atoms with E-state index in [1.807, 2.05) is 26.8 Å². The van der Waals surface area contributed by atoms with Gasteiger partial charge in [0.1, 0.15) is 0 Å². The molecule has 0 aromatic carbocycles. The van der Waals surface area contributed by atoms with Crippen molar-refractivity contribution >= 4 is 11.6 Å². The van der Waals surface area contributed by atoms with Gasteiger partial charge in [-0.15, -0.1) is 24.8 Å². The lowest BCUT2D eigenvalue weighted by atomic mass is 9.64. The molecule has 0 radical (unpaired) electrons. The number of hydrogen-bond acceptors (Lipinski definition) is 2. The van der Waals surface area contributed by atoms with Gasteiger partial charge in [-0.2, -0.15) is 0 Å². The molecule has 0 aliphatic heterocycles. The Balaban J connectivity index is -0.000000249. The van der Waals surface area contributed by atoms with E-state index < -0.39 is 5.60 Å². The van der Waals surface area contributed by atoms with E-state index in [-0.39, 0.29) is 10.8 Å². The molecule has 4 atom stereocenters. The van der Waals surface area contributed by atoms with Crippen molar-refractivity contribution < 1.29 is 5.11 Å². The predicted molar refractivity (Wildman–Crippen MR) is 179 cm³/mol. The van der Waals surface area contributed by atoms with E-state index in [9.17, 15) is 5.11 Å². The molecule has 4 unspecified atom stereocenters. The van der Waals surface area contributed by atoms with Gasteiger partial charge in [0.15, 0.2) is 0 Å². The Morgan fingerprint density at radius 2 is 1.58 bits per heavy atom. The molecule has 3 heteroatoms. The van der Waals surface area contributed by atoms with E-state index in [1.54, 1.807) is 6.08 Å². The summed E-state index contributed by atoms with van der Waals surface area (Å²) in [5, 5.41) is 14.8. The average molecular weight is 556 g/mol. The molecule has 1 aliphatic carbocycles. The molecule has 0 bridgehead atoms. The highest BCUT2D eigenvalue weighted by Gasteiger charge is 2.45. The van der Waals surface area contributed by atoms with Crippen molar-refractivity contribution in [2.75, 3.05) is 0 Å². The maximum atomic E-state index is 11.3. The van der Waals surface area contributed by atoms with Crippen molar-refractivity contribution in [1.29, 1.82) is 0 Å². The molecule has 0 spiro atoms. The van der Waals surface area contributed by atoms with Gasteiger partial charge in [0, 0.05) is 17.1 Å². The third-order valence-corrected chi connectivity index (χ3v) is 7.51. The average Bonchev–Trinajstić information content (AvgIpc) is 2.86. The van der Waals surface area contributed by atoms with Gasteiger partial charge in [-0.1, -0.05) is 128 Å². The molecule has 2 N–H and O–H groups in total. The largest absolute Gasteiger partial charge is 0.385 e. The first-order valence-corrected chi connectivity index (χ1v) is 15.8. The Hall–Kier alpha value is -0.990. The second-order valence-corrected chi connectivity index (χ2v) is 12.0. The van der Waals surface area contributed by atoms with Crippen LogP contribution in [0.2, 0.25) is 0 Å². The lowest BCUT2D eigenvalue weighted by Gasteiger charge is -2.46. The zero-order valence-corrected chi connectivity index (χ0v) is 29.1. The first-order valence-electron chi connectivity index (χ1n) is 15.3. The molecule has 2 nitrogen and oxygen atoms in total. The summed E-state index contributed by atoms with van der Waals surface area (Å²) < 4.78 is 0. The van der Waals surface area contributed by atoms with E-state index >= 15 is 0 Å². The summed E-state index contributed by atoms with van der Waals surface area (Å²) in [7, 11) is 0. The second kappa shape index (κ2) is 25.0. The minimum atomic E-state index is -0.665. The number of rotatable bonds is 10. The summed E-state index contributed by atoms with van der Waals surface area (Å²) in [5.41, 5.74) is 1.57. The molecule has 0 amide bonds. The zero-order chi connectivity index (χ0) is 31.1. The van der Waals surface area contributed by atoms with Crippen molar-refractivity contribution in [3.63, 3.8) is 0 Å². The van der Waals surface area contributed by atoms with Crippen LogP contribution in [-0.4, -0.2) is 22.1 Å². The first kappa shape index (κ1) is 44.0. The van der Waals surface area contributed by atoms with E-state index in [0.29, 0.717) is 23.8 Å². The highest BCUT2D eigenvalue weighted by atomic mass is 35.5. The molecular formula is C35H70ClNO. The highest BCUT2D eigenvalue weighted by Crippen LogP contribution is 2.46. The summed E-state index contributed by atoms with van der Waals surface area (Å²) in [5.74, 6) is 1.43. The summed E-state index contributed by atoms with van der Waals surface area (Å²) >= 11 is 6.28. The molecule has 1 rings (SSSR count). The number of allylic oxidation sites excluding steroid dienone is 3. The van der Waals surface area contributed by atoms with E-state index in [4.69, 9.17) is 11.6 Å². The van der Waals surface area contributed by atoms with Gasteiger partial charge in [0.25, 0.3) is 0 Å². The van der Waals surface area contributed by atoms with Crippen molar-refractivity contribution in [3.05, 3.63) is 49.2 Å². The number of aliphatic hydroxyl groups is 1. The number of halogens is 1. The summed E-state index contributed by atoms with van der Waals surface area (Å²) in [6, 6.07) is 0.347. The molecule has 0 aromatic rings. The topological polar surface area (TPSA) is 32.3 Å². The second-order valence-electron chi connectivity index (χ2n) is 11.4. The Bertz CT molecular complexity index is 619. The fourth-order valence-electron chi connectivity index (χ4n) is 3.87. The van der Waals surface area contributed by atoms with Gasteiger partial charge >= 0.3 is 0 Å². The number of nitrogens with one attached hydrogen (secondary N) is 1. The van der Waals surface area contributed by atoms with Crippen LogP contribution in [0.25, 0.3) is 0 Å². The predicted octanol–water partition coefficient (Wildman–Crippen LogP) is 11.5. The lowest BCUT2D eigenvalue weighted by Crippen LogP contribution is -2.47. The molecule has 0 saturated heterocycles. The Kier molecular flexibility index (Phi) is 29.0. The molecule has 0 heterocycles. The minimum Gasteiger partial charge on any atom is -0.385 e. The van der Waals surface area contributed by atoms with E-state index in [2.05, 4.69) is 107 Å².